The van der Waals surface area contributed by atoms with Crippen LogP contribution in [0.15, 0.2) is 41.1 Å². The highest BCUT2D eigenvalue weighted by molar-refractivity contribution is 9.10. The molecule has 0 saturated heterocycles. The van der Waals surface area contributed by atoms with Crippen molar-refractivity contribution >= 4 is 21.7 Å². The van der Waals surface area contributed by atoms with Crippen LogP contribution in [0.2, 0.25) is 0 Å². The van der Waals surface area contributed by atoms with Gasteiger partial charge in [0.1, 0.15) is 17.6 Å². The minimum atomic E-state index is -0.313. The number of carbonyl (C=O) groups excluding carboxylic acids is 1. The van der Waals surface area contributed by atoms with Gasteiger partial charge in [0.05, 0.1) is 19.1 Å². The van der Waals surface area contributed by atoms with E-state index < -0.39 is 0 Å². The monoisotopic (exact) mass is 333 g/mol. The molecular weight excluding hydrogens is 322 g/mol. The van der Waals surface area contributed by atoms with E-state index in [0.717, 1.165) is 10.0 Å². The van der Waals surface area contributed by atoms with E-state index >= 15 is 0 Å². The van der Waals surface area contributed by atoms with E-state index in [1.165, 1.54) is 0 Å². The number of aromatic nitrogens is 1. The maximum atomic E-state index is 12.2. The van der Waals surface area contributed by atoms with E-state index in [1.54, 1.807) is 37.7 Å². The number of halogens is 1. The Hall–Kier alpha value is -1.88. The van der Waals surface area contributed by atoms with Crippen LogP contribution < -0.4 is 9.47 Å². The van der Waals surface area contributed by atoms with Gasteiger partial charge in [-0.1, -0.05) is 0 Å². The predicted octanol–water partition coefficient (Wildman–Crippen LogP) is 3.56. The Morgan fingerprint density at radius 1 is 1.35 bits per heavy atom. The van der Waals surface area contributed by atoms with E-state index in [2.05, 4.69) is 20.9 Å². The Morgan fingerprint density at radius 2 is 2.20 bits per heavy atom. The van der Waals surface area contributed by atoms with Crippen LogP contribution in [0.4, 0.5) is 0 Å². The number of rotatable bonds is 2. The number of pyridine rings is 1. The molecular formula is C15H12BrNO3. The number of hydrogen-bond acceptors (Lipinski definition) is 4. The quantitative estimate of drug-likeness (QED) is 0.843. The Balaban J connectivity index is 1.97. The number of Topliss-reactive ketones (excluding diaryl/α,β-unsaturated/α-hetero) is 1. The molecule has 0 N–H and O–H groups in total. The number of hydrogen-bond donors (Lipinski definition) is 0. The summed E-state index contributed by atoms with van der Waals surface area (Å²) >= 11 is 3.38. The molecule has 4 nitrogen and oxygen atoms in total. The van der Waals surface area contributed by atoms with Crippen molar-refractivity contribution in [3.8, 4) is 11.5 Å². The maximum Gasteiger partial charge on any atom is 0.170 e. The summed E-state index contributed by atoms with van der Waals surface area (Å²) in [4.78, 5) is 16.3. The molecule has 0 aliphatic carbocycles. The van der Waals surface area contributed by atoms with Crippen molar-refractivity contribution in [2.75, 3.05) is 7.11 Å². The first kappa shape index (κ1) is 13.1. The number of methoxy groups -OCH3 is 1. The number of ether oxygens (including phenoxy) is 2. The van der Waals surface area contributed by atoms with E-state index in [4.69, 9.17) is 9.47 Å². The SMILES string of the molecule is COc1ccc2c(c1)OC(c1cncc(Br)c1)CC2=O. The van der Waals surface area contributed by atoms with Crippen molar-refractivity contribution in [2.24, 2.45) is 0 Å². The molecule has 3 rings (SSSR count). The van der Waals surface area contributed by atoms with Crippen molar-refractivity contribution < 1.29 is 14.3 Å². The van der Waals surface area contributed by atoms with Crippen LogP contribution in [-0.2, 0) is 0 Å². The summed E-state index contributed by atoms with van der Waals surface area (Å²) in [6.07, 6.45) is 3.42. The summed E-state index contributed by atoms with van der Waals surface area (Å²) in [5, 5.41) is 0. The van der Waals surface area contributed by atoms with Crippen molar-refractivity contribution in [3.63, 3.8) is 0 Å². The van der Waals surface area contributed by atoms with Crippen LogP contribution in [0.3, 0.4) is 0 Å². The molecule has 0 saturated carbocycles. The van der Waals surface area contributed by atoms with E-state index in [1.807, 2.05) is 6.07 Å². The molecule has 102 valence electrons. The standard InChI is InChI=1S/C15H12BrNO3/c1-19-11-2-3-12-13(18)6-14(20-15(12)5-11)9-4-10(16)8-17-7-9/h2-5,7-8,14H,6H2,1H3. The Kier molecular flexibility index (Phi) is 3.44. The zero-order valence-corrected chi connectivity index (χ0v) is 12.4. The molecule has 1 aliphatic rings. The molecule has 5 heteroatoms. The first-order valence-corrected chi connectivity index (χ1v) is 6.95. The second kappa shape index (κ2) is 5.25. The van der Waals surface area contributed by atoms with Crippen molar-refractivity contribution in [1.29, 1.82) is 0 Å². The van der Waals surface area contributed by atoms with E-state index in [9.17, 15) is 4.79 Å². The van der Waals surface area contributed by atoms with Gasteiger partial charge in [-0.15, -0.1) is 0 Å². The fourth-order valence-electron chi connectivity index (χ4n) is 2.22. The molecule has 20 heavy (non-hydrogen) atoms. The minimum absolute atomic E-state index is 0.0684. The highest BCUT2D eigenvalue weighted by atomic mass is 79.9. The van der Waals surface area contributed by atoms with Gasteiger partial charge >= 0.3 is 0 Å². The maximum absolute atomic E-state index is 12.2. The van der Waals surface area contributed by atoms with Gasteiger partial charge in [-0.2, -0.15) is 0 Å². The molecule has 1 unspecified atom stereocenters. The van der Waals surface area contributed by atoms with Crippen molar-refractivity contribution in [2.45, 2.75) is 12.5 Å². The number of ketones is 1. The number of benzene rings is 1. The van der Waals surface area contributed by atoms with Gasteiger partial charge in [0, 0.05) is 28.5 Å². The fraction of sp³-hybridized carbons (Fsp3) is 0.200. The summed E-state index contributed by atoms with van der Waals surface area (Å²) in [6.45, 7) is 0. The zero-order chi connectivity index (χ0) is 14.1. The van der Waals surface area contributed by atoms with Crippen LogP contribution in [0, 0.1) is 0 Å². The molecule has 0 radical (unpaired) electrons. The second-order valence-electron chi connectivity index (χ2n) is 4.53. The summed E-state index contributed by atoms with van der Waals surface area (Å²) < 4.78 is 12.0. The summed E-state index contributed by atoms with van der Waals surface area (Å²) in [5.41, 5.74) is 1.48. The van der Waals surface area contributed by atoms with Gasteiger partial charge in [-0.25, -0.2) is 0 Å². The number of carbonyl (C=O) groups is 1. The highest BCUT2D eigenvalue weighted by Crippen LogP contribution is 2.37. The lowest BCUT2D eigenvalue weighted by molar-refractivity contribution is 0.0849. The first-order valence-electron chi connectivity index (χ1n) is 6.15. The molecule has 1 aliphatic heterocycles. The van der Waals surface area contributed by atoms with Crippen molar-refractivity contribution in [3.05, 3.63) is 52.3 Å². The average molecular weight is 334 g/mol. The van der Waals surface area contributed by atoms with E-state index in [-0.39, 0.29) is 11.9 Å². The van der Waals surface area contributed by atoms with Crippen LogP contribution >= 0.6 is 15.9 Å². The number of nitrogens with zero attached hydrogens (tertiary/aromatic N) is 1. The molecule has 2 heterocycles. The molecule has 2 aromatic rings. The Bertz CT molecular complexity index is 672. The normalized spacial score (nSPS) is 17.3. The van der Waals surface area contributed by atoms with Gasteiger partial charge in [0.25, 0.3) is 0 Å². The molecule has 1 atom stereocenters. The van der Waals surface area contributed by atoms with Gasteiger partial charge in [0.15, 0.2) is 5.78 Å². The Morgan fingerprint density at radius 3 is 2.95 bits per heavy atom. The van der Waals surface area contributed by atoms with Crippen LogP contribution in [0.5, 0.6) is 11.5 Å². The summed E-state index contributed by atoms with van der Waals surface area (Å²) in [5.74, 6) is 1.30. The molecule has 0 fully saturated rings. The van der Waals surface area contributed by atoms with Gasteiger partial charge in [-0.3, -0.25) is 9.78 Å². The molecule has 0 spiro atoms. The lowest BCUT2D eigenvalue weighted by Gasteiger charge is -2.25. The van der Waals surface area contributed by atoms with Crippen molar-refractivity contribution in [1.82, 2.24) is 4.98 Å². The topological polar surface area (TPSA) is 48.4 Å². The fourth-order valence-corrected chi connectivity index (χ4v) is 2.60. The first-order chi connectivity index (χ1) is 9.67. The second-order valence-corrected chi connectivity index (χ2v) is 5.45. The molecule has 1 aromatic carbocycles. The lowest BCUT2D eigenvalue weighted by atomic mass is 9.97. The third kappa shape index (κ3) is 2.41. The third-order valence-electron chi connectivity index (χ3n) is 3.23. The van der Waals surface area contributed by atoms with Crippen LogP contribution in [0.1, 0.15) is 28.4 Å². The minimum Gasteiger partial charge on any atom is -0.497 e. The summed E-state index contributed by atoms with van der Waals surface area (Å²) in [7, 11) is 1.59. The van der Waals surface area contributed by atoms with Gasteiger partial charge in [0.2, 0.25) is 0 Å². The zero-order valence-electron chi connectivity index (χ0n) is 10.8. The van der Waals surface area contributed by atoms with Crippen LogP contribution in [0.25, 0.3) is 0 Å². The lowest BCUT2D eigenvalue weighted by Crippen LogP contribution is -2.20. The largest absolute Gasteiger partial charge is 0.497 e. The summed E-state index contributed by atoms with van der Waals surface area (Å²) in [6, 6.07) is 7.16. The van der Waals surface area contributed by atoms with E-state index in [0.29, 0.717) is 23.5 Å². The smallest absolute Gasteiger partial charge is 0.170 e. The van der Waals surface area contributed by atoms with Crippen LogP contribution in [-0.4, -0.2) is 17.9 Å². The predicted molar refractivity (Wildman–Crippen MR) is 77.2 cm³/mol. The highest BCUT2D eigenvalue weighted by Gasteiger charge is 2.28. The molecule has 1 aromatic heterocycles. The Labute approximate surface area is 124 Å². The average Bonchev–Trinajstić information content (AvgIpc) is 2.46. The van der Waals surface area contributed by atoms with Gasteiger partial charge < -0.3 is 9.47 Å². The third-order valence-corrected chi connectivity index (χ3v) is 3.66. The molecule has 0 bridgehead atoms. The number of fused-ring (bicyclic) bond motifs is 1. The van der Waals surface area contributed by atoms with Gasteiger partial charge in [-0.05, 0) is 34.1 Å². The molecule has 0 amide bonds.